The Morgan fingerprint density at radius 2 is 1.77 bits per heavy atom. The van der Waals surface area contributed by atoms with Crippen molar-refractivity contribution in [3.63, 3.8) is 0 Å². The Kier molecular flexibility index (Phi) is 9.80. The van der Waals surface area contributed by atoms with Crippen LogP contribution in [0.5, 0.6) is 5.75 Å². The van der Waals surface area contributed by atoms with Crippen LogP contribution < -0.4 is 15.6 Å². The number of aromatic nitrogens is 8. The minimum Gasteiger partial charge on any atom is -0.490 e. The summed E-state index contributed by atoms with van der Waals surface area (Å²) >= 11 is 0. The van der Waals surface area contributed by atoms with E-state index in [4.69, 9.17) is 9.72 Å². The molecule has 0 bridgehead atoms. The number of nitrogens with one attached hydrogen (secondary N) is 2. The highest BCUT2D eigenvalue weighted by atomic mass is 16.5. The van der Waals surface area contributed by atoms with Gasteiger partial charge in [0.25, 0.3) is 5.56 Å². The lowest BCUT2D eigenvalue weighted by molar-refractivity contribution is -0.118. The summed E-state index contributed by atoms with van der Waals surface area (Å²) in [6.45, 7) is 6.33. The Labute approximate surface area is 255 Å². The highest BCUT2D eigenvalue weighted by Crippen LogP contribution is 2.30. The van der Waals surface area contributed by atoms with E-state index in [2.05, 4.69) is 42.8 Å². The predicted octanol–water partition coefficient (Wildman–Crippen LogP) is 4.02. The van der Waals surface area contributed by atoms with Crippen LogP contribution in [-0.4, -0.2) is 59.2 Å². The number of rotatable bonds is 13. The smallest absolute Gasteiger partial charge is 0.264 e. The monoisotopic (exact) mass is 593 g/mol. The Bertz CT molecular complexity index is 1750. The summed E-state index contributed by atoms with van der Waals surface area (Å²) in [4.78, 5) is 38.7. The summed E-state index contributed by atoms with van der Waals surface area (Å²) in [7, 11) is 0. The number of aryl methyl sites for hydroxylation is 2. The summed E-state index contributed by atoms with van der Waals surface area (Å²) in [5.74, 6) is 1.70. The van der Waals surface area contributed by atoms with E-state index in [-0.39, 0.29) is 17.4 Å². The lowest BCUT2D eigenvalue weighted by Crippen LogP contribution is -2.29. The Morgan fingerprint density at radius 3 is 2.45 bits per heavy atom. The summed E-state index contributed by atoms with van der Waals surface area (Å²) in [5, 5.41) is 17.2. The van der Waals surface area contributed by atoms with Crippen LogP contribution in [-0.2, 0) is 17.6 Å². The molecule has 0 aliphatic heterocycles. The molecule has 3 heterocycles. The lowest BCUT2D eigenvalue weighted by Gasteiger charge is -2.15. The Morgan fingerprint density at radius 1 is 1.02 bits per heavy atom. The number of unbranched alkanes of at least 4 members (excludes halogenated alkanes) is 1. The summed E-state index contributed by atoms with van der Waals surface area (Å²) in [5.41, 5.74) is 5.11. The van der Waals surface area contributed by atoms with Gasteiger partial charge in [-0.2, -0.15) is 5.21 Å². The van der Waals surface area contributed by atoms with Gasteiger partial charge in [-0.25, -0.2) is 19.5 Å². The standard InChI is InChI=1S/C32H35N9O3/c1-4-5-11-29-28(18-23-12-14-24(15-13-23)26-9-6-7-10-27(26)30-37-39-40-38-30)31(43)41(21(2)36-29)32-34-19-25(20-35-32)44-17-8-16-33-22(3)42/h6-7,9-10,12-15,19-20H,4-5,8,11,16-18H2,1-3H3,(H,33,42)(H,37,38,39,40). The third-order valence-corrected chi connectivity index (χ3v) is 7.13. The van der Waals surface area contributed by atoms with E-state index in [9.17, 15) is 9.59 Å². The van der Waals surface area contributed by atoms with Crippen molar-refractivity contribution >= 4 is 5.91 Å². The van der Waals surface area contributed by atoms with Crippen LogP contribution >= 0.6 is 0 Å². The van der Waals surface area contributed by atoms with Gasteiger partial charge in [0.05, 0.1) is 24.7 Å². The van der Waals surface area contributed by atoms with Crippen LogP contribution in [0.15, 0.2) is 65.7 Å². The molecule has 226 valence electrons. The molecule has 0 aliphatic carbocycles. The van der Waals surface area contributed by atoms with E-state index in [0.717, 1.165) is 40.8 Å². The van der Waals surface area contributed by atoms with Gasteiger partial charge in [-0.15, -0.1) is 10.2 Å². The number of ether oxygens (including phenoxy) is 1. The molecule has 5 aromatic rings. The Hall–Kier alpha value is -5.26. The third-order valence-electron chi connectivity index (χ3n) is 7.13. The largest absolute Gasteiger partial charge is 0.490 e. The fraction of sp³-hybridized carbons (Fsp3) is 0.312. The zero-order chi connectivity index (χ0) is 30.9. The number of H-pyrrole nitrogens is 1. The number of aromatic amines is 1. The van der Waals surface area contributed by atoms with E-state index >= 15 is 0 Å². The van der Waals surface area contributed by atoms with Crippen molar-refractivity contribution in [1.29, 1.82) is 0 Å². The van der Waals surface area contributed by atoms with Crippen LogP contribution in [0.4, 0.5) is 0 Å². The van der Waals surface area contributed by atoms with E-state index in [1.54, 1.807) is 19.3 Å². The second-order valence-corrected chi connectivity index (χ2v) is 10.4. The number of benzene rings is 2. The van der Waals surface area contributed by atoms with Gasteiger partial charge in [0.1, 0.15) is 5.82 Å². The maximum atomic E-state index is 14.0. The van der Waals surface area contributed by atoms with Crippen molar-refractivity contribution in [3.8, 4) is 34.2 Å². The molecule has 12 heteroatoms. The van der Waals surface area contributed by atoms with Crippen LogP contribution in [0.3, 0.4) is 0 Å². The zero-order valence-corrected chi connectivity index (χ0v) is 25.1. The first kappa shape index (κ1) is 30.2. The molecule has 0 aliphatic rings. The SMILES string of the molecule is CCCCc1nc(C)n(-c2ncc(OCCCNC(C)=O)cn2)c(=O)c1Cc1ccc(-c2ccccc2-c2nn[nH]n2)cc1. The molecule has 44 heavy (non-hydrogen) atoms. The first-order valence-electron chi connectivity index (χ1n) is 14.7. The van der Waals surface area contributed by atoms with Crippen molar-refractivity contribution in [2.24, 2.45) is 0 Å². The van der Waals surface area contributed by atoms with Gasteiger partial charge in [-0.1, -0.05) is 61.9 Å². The minimum atomic E-state index is -0.181. The molecule has 2 aromatic carbocycles. The molecule has 0 spiro atoms. The van der Waals surface area contributed by atoms with Gasteiger partial charge in [-0.05, 0) is 48.1 Å². The number of nitrogens with zero attached hydrogens (tertiary/aromatic N) is 7. The highest BCUT2D eigenvalue weighted by Gasteiger charge is 2.18. The number of carbonyl (C=O) groups excluding carboxylic acids is 1. The molecule has 12 nitrogen and oxygen atoms in total. The van der Waals surface area contributed by atoms with Gasteiger partial charge >= 0.3 is 0 Å². The van der Waals surface area contributed by atoms with Crippen molar-refractivity contribution in [2.45, 2.75) is 52.9 Å². The second kappa shape index (κ2) is 14.3. The first-order chi connectivity index (χ1) is 21.4. The molecule has 0 saturated carbocycles. The molecule has 0 saturated heterocycles. The third kappa shape index (κ3) is 7.20. The molecule has 2 N–H and O–H groups in total. The van der Waals surface area contributed by atoms with E-state index in [1.807, 2.05) is 48.5 Å². The zero-order valence-electron chi connectivity index (χ0n) is 25.1. The summed E-state index contributed by atoms with van der Waals surface area (Å²) < 4.78 is 7.14. The Balaban J connectivity index is 1.39. The van der Waals surface area contributed by atoms with Crippen LogP contribution in [0.25, 0.3) is 28.5 Å². The van der Waals surface area contributed by atoms with Gasteiger partial charge in [0, 0.05) is 31.0 Å². The van der Waals surface area contributed by atoms with Gasteiger partial charge in [-0.3, -0.25) is 9.59 Å². The minimum absolute atomic E-state index is 0.0769. The summed E-state index contributed by atoms with van der Waals surface area (Å²) in [6, 6.07) is 16.0. The van der Waals surface area contributed by atoms with Gasteiger partial charge < -0.3 is 10.1 Å². The molecule has 0 atom stereocenters. The van der Waals surface area contributed by atoms with Crippen molar-refractivity contribution in [2.75, 3.05) is 13.2 Å². The molecule has 3 aromatic heterocycles. The number of tetrazole rings is 1. The topological polar surface area (TPSA) is 153 Å². The van der Waals surface area contributed by atoms with Crippen molar-refractivity contribution < 1.29 is 9.53 Å². The fourth-order valence-electron chi connectivity index (χ4n) is 4.92. The van der Waals surface area contributed by atoms with E-state index in [0.29, 0.717) is 55.4 Å². The highest BCUT2D eigenvalue weighted by molar-refractivity contribution is 5.80. The van der Waals surface area contributed by atoms with E-state index in [1.165, 1.54) is 11.5 Å². The second-order valence-electron chi connectivity index (χ2n) is 10.4. The van der Waals surface area contributed by atoms with E-state index < -0.39 is 0 Å². The maximum absolute atomic E-state index is 14.0. The van der Waals surface area contributed by atoms with Crippen LogP contribution in [0.1, 0.15) is 55.8 Å². The normalized spacial score (nSPS) is 11.0. The van der Waals surface area contributed by atoms with Crippen molar-refractivity contribution in [1.82, 2.24) is 45.5 Å². The van der Waals surface area contributed by atoms with Crippen LogP contribution in [0, 0.1) is 6.92 Å². The number of hydrogen-bond acceptors (Lipinski definition) is 9. The number of hydrogen-bond donors (Lipinski definition) is 2. The van der Waals surface area contributed by atoms with Crippen LogP contribution in [0.2, 0.25) is 0 Å². The van der Waals surface area contributed by atoms with Gasteiger partial charge in [0.15, 0.2) is 5.75 Å². The molecule has 1 amide bonds. The molecular formula is C32H35N9O3. The average molecular weight is 594 g/mol. The first-order valence-corrected chi connectivity index (χ1v) is 14.7. The maximum Gasteiger partial charge on any atom is 0.264 e. The summed E-state index contributed by atoms with van der Waals surface area (Å²) in [6.07, 6.45) is 6.80. The molecular weight excluding hydrogens is 558 g/mol. The predicted molar refractivity (Wildman–Crippen MR) is 165 cm³/mol. The van der Waals surface area contributed by atoms with Crippen molar-refractivity contribution in [3.05, 3.63) is 93.9 Å². The molecule has 5 rings (SSSR count). The molecule has 0 unspecified atom stereocenters. The molecule has 0 fully saturated rings. The average Bonchev–Trinajstić information content (AvgIpc) is 3.57. The lowest BCUT2D eigenvalue weighted by atomic mass is 9.96. The number of amides is 1. The fourth-order valence-corrected chi connectivity index (χ4v) is 4.92. The van der Waals surface area contributed by atoms with Gasteiger partial charge in [0.2, 0.25) is 17.7 Å². The quantitative estimate of drug-likeness (QED) is 0.193. The molecule has 0 radical (unpaired) electrons. The number of carbonyl (C=O) groups is 1.